The van der Waals surface area contributed by atoms with E-state index in [-0.39, 0.29) is 11.8 Å². The van der Waals surface area contributed by atoms with Crippen molar-refractivity contribution in [3.05, 3.63) is 23.9 Å². The van der Waals surface area contributed by atoms with E-state index in [1.807, 2.05) is 19.2 Å². The number of aromatic nitrogens is 1. The molecule has 1 aromatic heterocycles. The number of amides is 1. The van der Waals surface area contributed by atoms with Crippen LogP contribution in [-0.4, -0.2) is 24.5 Å². The number of hydrogen-bond acceptors (Lipinski definition) is 3. The maximum atomic E-state index is 11.1. The van der Waals surface area contributed by atoms with Crippen LogP contribution >= 0.6 is 0 Å². The van der Waals surface area contributed by atoms with Crippen LogP contribution in [0.25, 0.3) is 0 Å². The zero-order chi connectivity index (χ0) is 9.97. The number of rotatable bonds is 2. The fourth-order valence-corrected chi connectivity index (χ4v) is 1.78. The summed E-state index contributed by atoms with van der Waals surface area (Å²) in [5.41, 5.74) is 1.12. The minimum Gasteiger partial charge on any atom is -0.373 e. The van der Waals surface area contributed by atoms with E-state index in [2.05, 4.69) is 15.6 Å². The molecule has 1 aliphatic rings. The lowest BCUT2D eigenvalue weighted by molar-refractivity contribution is -0.119. The summed E-state index contributed by atoms with van der Waals surface area (Å²) < 4.78 is 0. The highest BCUT2D eigenvalue weighted by Gasteiger charge is 2.24. The Labute approximate surface area is 82.7 Å². The van der Waals surface area contributed by atoms with Crippen molar-refractivity contribution in [2.45, 2.75) is 12.3 Å². The van der Waals surface area contributed by atoms with Crippen LogP contribution < -0.4 is 10.6 Å². The van der Waals surface area contributed by atoms with Crippen LogP contribution in [0.15, 0.2) is 18.3 Å². The highest BCUT2D eigenvalue weighted by molar-refractivity contribution is 5.79. The van der Waals surface area contributed by atoms with Crippen LogP contribution in [-0.2, 0) is 4.79 Å². The molecular weight excluding hydrogens is 178 g/mol. The van der Waals surface area contributed by atoms with Crippen molar-refractivity contribution in [1.82, 2.24) is 10.3 Å². The minimum atomic E-state index is 0.126. The molecule has 4 nitrogen and oxygen atoms in total. The Hall–Kier alpha value is -1.58. The molecule has 1 aromatic rings. The van der Waals surface area contributed by atoms with Gasteiger partial charge < -0.3 is 10.6 Å². The molecule has 14 heavy (non-hydrogen) atoms. The molecule has 2 N–H and O–H groups in total. The number of nitrogens with one attached hydrogen (secondary N) is 2. The lowest BCUT2D eigenvalue weighted by atomic mass is 9.99. The molecule has 74 valence electrons. The zero-order valence-corrected chi connectivity index (χ0v) is 8.08. The first-order chi connectivity index (χ1) is 6.81. The molecule has 0 radical (unpaired) electrons. The van der Waals surface area contributed by atoms with Gasteiger partial charge in [0.05, 0.1) is 0 Å². The average molecular weight is 191 g/mol. The van der Waals surface area contributed by atoms with Gasteiger partial charge in [-0.2, -0.15) is 0 Å². The third kappa shape index (κ3) is 1.55. The summed E-state index contributed by atoms with van der Waals surface area (Å²) in [6.07, 6.45) is 2.32. The standard InChI is InChI=1S/C10H13N3O/c1-11-10-8(3-2-4-12-10)7-5-9(14)13-6-7/h2-4,7H,5-6H2,1H3,(H,11,12)(H,13,14). The van der Waals surface area contributed by atoms with E-state index in [1.165, 1.54) is 0 Å². The van der Waals surface area contributed by atoms with Gasteiger partial charge in [0.2, 0.25) is 5.91 Å². The van der Waals surface area contributed by atoms with Gasteiger partial charge in [-0.25, -0.2) is 4.98 Å². The van der Waals surface area contributed by atoms with E-state index in [0.717, 1.165) is 17.9 Å². The fourth-order valence-electron chi connectivity index (χ4n) is 1.78. The molecule has 0 aliphatic carbocycles. The third-order valence-electron chi connectivity index (χ3n) is 2.49. The first-order valence-electron chi connectivity index (χ1n) is 4.70. The van der Waals surface area contributed by atoms with Gasteiger partial charge in [-0.3, -0.25) is 4.79 Å². The van der Waals surface area contributed by atoms with Crippen LogP contribution in [0.1, 0.15) is 17.9 Å². The molecule has 1 amide bonds. The third-order valence-corrected chi connectivity index (χ3v) is 2.49. The maximum Gasteiger partial charge on any atom is 0.220 e. The summed E-state index contributed by atoms with van der Waals surface area (Å²) in [6, 6.07) is 3.92. The normalized spacial score (nSPS) is 20.6. The Balaban J connectivity index is 2.27. The number of carbonyl (C=O) groups is 1. The van der Waals surface area contributed by atoms with E-state index < -0.39 is 0 Å². The quantitative estimate of drug-likeness (QED) is 0.724. The van der Waals surface area contributed by atoms with Crippen LogP contribution in [0.2, 0.25) is 0 Å². The Bertz CT molecular complexity index is 351. The lowest BCUT2D eigenvalue weighted by Gasteiger charge is -2.11. The summed E-state index contributed by atoms with van der Waals surface area (Å²) in [4.78, 5) is 15.3. The van der Waals surface area contributed by atoms with Crippen molar-refractivity contribution in [1.29, 1.82) is 0 Å². The van der Waals surface area contributed by atoms with Gasteiger partial charge in [0.25, 0.3) is 0 Å². The van der Waals surface area contributed by atoms with Crippen molar-refractivity contribution < 1.29 is 4.79 Å². The van der Waals surface area contributed by atoms with Crippen LogP contribution in [0.4, 0.5) is 5.82 Å². The second-order valence-electron chi connectivity index (χ2n) is 3.40. The van der Waals surface area contributed by atoms with E-state index in [1.54, 1.807) is 6.20 Å². The number of carbonyl (C=O) groups excluding carboxylic acids is 1. The number of pyridine rings is 1. The summed E-state index contributed by atoms with van der Waals surface area (Å²) in [5, 5.41) is 5.86. The van der Waals surface area contributed by atoms with Gasteiger partial charge in [-0.05, 0) is 11.6 Å². The van der Waals surface area contributed by atoms with Gasteiger partial charge >= 0.3 is 0 Å². The molecule has 1 saturated heterocycles. The van der Waals surface area contributed by atoms with Gasteiger partial charge in [0.15, 0.2) is 0 Å². The maximum absolute atomic E-state index is 11.1. The molecule has 0 spiro atoms. The Morgan fingerprint density at radius 2 is 2.50 bits per heavy atom. The second kappa shape index (κ2) is 3.65. The summed E-state index contributed by atoms with van der Waals surface area (Å²) in [6.45, 7) is 0.721. The van der Waals surface area contributed by atoms with Gasteiger partial charge in [-0.1, -0.05) is 6.07 Å². The van der Waals surface area contributed by atoms with Gasteiger partial charge in [-0.15, -0.1) is 0 Å². The highest BCUT2D eigenvalue weighted by Crippen LogP contribution is 2.27. The molecule has 1 aliphatic heterocycles. The molecule has 1 unspecified atom stereocenters. The van der Waals surface area contributed by atoms with E-state index in [0.29, 0.717) is 6.42 Å². The first-order valence-corrected chi connectivity index (χ1v) is 4.70. The predicted octanol–water partition coefficient (Wildman–Crippen LogP) is 0.727. The smallest absolute Gasteiger partial charge is 0.220 e. The van der Waals surface area contributed by atoms with Gasteiger partial charge in [0, 0.05) is 32.1 Å². The molecular formula is C10H13N3O. The van der Waals surface area contributed by atoms with Crippen molar-refractivity contribution in [2.24, 2.45) is 0 Å². The number of nitrogens with zero attached hydrogens (tertiary/aromatic N) is 1. The Kier molecular flexibility index (Phi) is 2.35. The number of anilines is 1. The molecule has 4 heteroatoms. The molecule has 1 fully saturated rings. The van der Waals surface area contributed by atoms with Crippen LogP contribution in [0.5, 0.6) is 0 Å². The van der Waals surface area contributed by atoms with E-state index in [4.69, 9.17) is 0 Å². The van der Waals surface area contributed by atoms with Crippen LogP contribution in [0.3, 0.4) is 0 Å². The van der Waals surface area contributed by atoms with Crippen LogP contribution in [0, 0.1) is 0 Å². The minimum absolute atomic E-state index is 0.126. The number of hydrogen-bond donors (Lipinski definition) is 2. The van der Waals surface area contributed by atoms with Crippen molar-refractivity contribution >= 4 is 11.7 Å². The second-order valence-corrected chi connectivity index (χ2v) is 3.40. The van der Waals surface area contributed by atoms with E-state index >= 15 is 0 Å². The van der Waals surface area contributed by atoms with Crippen molar-refractivity contribution in [2.75, 3.05) is 18.9 Å². The molecule has 0 bridgehead atoms. The Morgan fingerprint density at radius 1 is 1.64 bits per heavy atom. The molecule has 2 heterocycles. The first kappa shape index (κ1) is 8.99. The molecule has 0 aromatic carbocycles. The molecule has 1 atom stereocenters. The van der Waals surface area contributed by atoms with Crippen molar-refractivity contribution in [3.8, 4) is 0 Å². The topological polar surface area (TPSA) is 54.0 Å². The fraction of sp³-hybridized carbons (Fsp3) is 0.400. The predicted molar refractivity (Wildman–Crippen MR) is 54.2 cm³/mol. The summed E-state index contributed by atoms with van der Waals surface area (Å²) in [7, 11) is 1.84. The molecule has 0 saturated carbocycles. The lowest BCUT2D eigenvalue weighted by Crippen LogP contribution is -2.13. The summed E-state index contributed by atoms with van der Waals surface area (Å²) in [5.74, 6) is 1.26. The average Bonchev–Trinajstić information content (AvgIpc) is 2.65. The SMILES string of the molecule is CNc1ncccc1C1CNC(=O)C1. The zero-order valence-electron chi connectivity index (χ0n) is 8.08. The largest absolute Gasteiger partial charge is 0.373 e. The Morgan fingerprint density at radius 3 is 3.14 bits per heavy atom. The monoisotopic (exact) mass is 191 g/mol. The van der Waals surface area contributed by atoms with Gasteiger partial charge in [0.1, 0.15) is 5.82 Å². The van der Waals surface area contributed by atoms with Crippen molar-refractivity contribution in [3.63, 3.8) is 0 Å². The van der Waals surface area contributed by atoms with E-state index in [9.17, 15) is 4.79 Å². The summed E-state index contributed by atoms with van der Waals surface area (Å²) >= 11 is 0. The molecule has 2 rings (SSSR count). The highest BCUT2D eigenvalue weighted by atomic mass is 16.1.